The molecule has 94 valence electrons. The normalized spacial score (nSPS) is 20.8. The summed E-state index contributed by atoms with van der Waals surface area (Å²) in [6.07, 6.45) is 2.87. The van der Waals surface area contributed by atoms with Crippen molar-refractivity contribution in [1.82, 2.24) is 4.90 Å². The summed E-state index contributed by atoms with van der Waals surface area (Å²) in [5, 5.41) is 9.54. The number of likely N-dealkylation sites (N-methyl/N-ethyl adjacent to an activating group) is 1. The Kier molecular flexibility index (Phi) is 4.70. The van der Waals surface area contributed by atoms with Crippen molar-refractivity contribution < 1.29 is 14.6 Å². The highest BCUT2D eigenvalue weighted by molar-refractivity contribution is 5.86. The number of carbonyl (C=O) groups is 1. The fourth-order valence-electron chi connectivity index (χ4n) is 2.24. The standard InChI is InChI=1S/C11H22N2O3/c1-13(7-9(14)8-16-2)10(15)11(12)5-3-4-6-11/h9,14H,3-8,12H2,1-2H3. The molecule has 1 unspecified atom stereocenters. The lowest BCUT2D eigenvalue weighted by Gasteiger charge is -2.29. The number of aliphatic hydroxyl groups excluding tert-OH is 1. The first-order chi connectivity index (χ1) is 7.49. The minimum absolute atomic E-state index is 0.0693. The fourth-order valence-corrected chi connectivity index (χ4v) is 2.24. The van der Waals surface area contributed by atoms with Crippen LogP contribution in [0.15, 0.2) is 0 Å². The van der Waals surface area contributed by atoms with Crippen LogP contribution in [-0.4, -0.2) is 54.9 Å². The van der Waals surface area contributed by atoms with Crippen molar-refractivity contribution in [1.29, 1.82) is 0 Å². The van der Waals surface area contributed by atoms with Crippen LogP contribution in [-0.2, 0) is 9.53 Å². The summed E-state index contributed by atoms with van der Waals surface area (Å²) in [6, 6.07) is 0. The zero-order valence-corrected chi connectivity index (χ0v) is 10.1. The van der Waals surface area contributed by atoms with Crippen LogP contribution >= 0.6 is 0 Å². The van der Waals surface area contributed by atoms with E-state index in [4.69, 9.17) is 10.5 Å². The predicted molar refractivity (Wildman–Crippen MR) is 60.9 cm³/mol. The molecule has 0 radical (unpaired) electrons. The highest BCUT2D eigenvalue weighted by Gasteiger charge is 2.39. The van der Waals surface area contributed by atoms with Crippen molar-refractivity contribution in [2.45, 2.75) is 37.3 Å². The summed E-state index contributed by atoms with van der Waals surface area (Å²) in [6.45, 7) is 0.501. The number of aliphatic hydroxyl groups is 1. The van der Waals surface area contributed by atoms with Gasteiger partial charge in [-0.15, -0.1) is 0 Å². The van der Waals surface area contributed by atoms with Crippen molar-refractivity contribution in [2.75, 3.05) is 27.3 Å². The summed E-state index contributed by atoms with van der Waals surface area (Å²) in [5.41, 5.74) is 5.34. The van der Waals surface area contributed by atoms with Gasteiger partial charge in [-0.2, -0.15) is 0 Å². The maximum Gasteiger partial charge on any atom is 0.242 e. The van der Waals surface area contributed by atoms with E-state index in [9.17, 15) is 9.90 Å². The maximum absolute atomic E-state index is 12.1. The van der Waals surface area contributed by atoms with Crippen LogP contribution in [0.25, 0.3) is 0 Å². The predicted octanol–water partition coefficient (Wildman–Crippen LogP) is -0.276. The molecule has 5 heteroatoms. The van der Waals surface area contributed by atoms with Crippen molar-refractivity contribution in [3.8, 4) is 0 Å². The number of carbonyl (C=O) groups excluding carboxylic acids is 1. The van der Waals surface area contributed by atoms with Gasteiger partial charge in [-0.25, -0.2) is 0 Å². The minimum Gasteiger partial charge on any atom is -0.389 e. The SMILES string of the molecule is COCC(O)CN(C)C(=O)C1(N)CCCC1. The molecule has 3 N–H and O–H groups in total. The molecule has 0 aliphatic heterocycles. The summed E-state index contributed by atoms with van der Waals surface area (Å²) in [5.74, 6) is -0.0693. The Hall–Kier alpha value is -0.650. The van der Waals surface area contributed by atoms with Crippen LogP contribution in [0.3, 0.4) is 0 Å². The van der Waals surface area contributed by atoms with Gasteiger partial charge in [0.1, 0.15) is 0 Å². The molecule has 16 heavy (non-hydrogen) atoms. The van der Waals surface area contributed by atoms with Crippen LogP contribution in [0.5, 0.6) is 0 Å². The monoisotopic (exact) mass is 230 g/mol. The average molecular weight is 230 g/mol. The first-order valence-electron chi connectivity index (χ1n) is 5.71. The molecule has 0 aromatic heterocycles. The molecule has 1 saturated carbocycles. The number of nitrogens with zero attached hydrogens (tertiary/aromatic N) is 1. The summed E-state index contributed by atoms with van der Waals surface area (Å²) >= 11 is 0. The first kappa shape index (κ1) is 13.4. The van der Waals surface area contributed by atoms with E-state index in [0.29, 0.717) is 0 Å². The van der Waals surface area contributed by atoms with Crippen LogP contribution in [0.4, 0.5) is 0 Å². The Morgan fingerprint density at radius 3 is 2.62 bits per heavy atom. The van der Waals surface area contributed by atoms with Gasteiger partial charge in [0.2, 0.25) is 5.91 Å². The molecule has 0 bridgehead atoms. The molecule has 1 amide bonds. The van der Waals surface area contributed by atoms with Crippen LogP contribution in [0, 0.1) is 0 Å². The van der Waals surface area contributed by atoms with Crippen LogP contribution in [0.2, 0.25) is 0 Å². The molecule has 0 heterocycles. The molecular weight excluding hydrogens is 208 g/mol. The molecule has 1 aliphatic rings. The second kappa shape index (κ2) is 5.61. The Morgan fingerprint density at radius 2 is 2.12 bits per heavy atom. The van der Waals surface area contributed by atoms with E-state index >= 15 is 0 Å². The third-order valence-electron chi connectivity index (χ3n) is 3.11. The largest absolute Gasteiger partial charge is 0.389 e. The van der Waals surface area contributed by atoms with Crippen molar-refractivity contribution in [3.05, 3.63) is 0 Å². The van der Waals surface area contributed by atoms with Gasteiger partial charge in [0.05, 0.1) is 18.2 Å². The maximum atomic E-state index is 12.1. The van der Waals surface area contributed by atoms with Gasteiger partial charge in [0, 0.05) is 20.7 Å². The molecule has 0 aromatic carbocycles. The summed E-state index contributed by atoms with van der Waals surface area (Å²) in [7, 11) is 3.20. The molecule has 1 aliphatic carbocycles. The van der Waals surface area contributed by atoms with Gasteiger partial charge in [0.15, 0.2) is 0 Å². The van der Waals surface area contributed by atoms with E-state index in [-0.39, 0.29) is 19.1 Å². The van der Waals surface area contributed by atoms with Gasteiger partial charge in [-0.05, 0) is 12.8 Å². The van der Waals surface area contributed by atoms with Crippen LogP contribution < -0.4 is 5.73 Å². The lowest BCUT2D eigenvalue weighted by molar-refractivity contribution is -0.137. The number of hydrogen-bond acceptors (Lipinski definition) is 4. The zero-order chi connectivity index (χ0) is 12.2. The Morgan fingerprint density at radius 1 is 1.56 bits per heavy atom. The van der Waals surface area contributed by atoms with Crippen molar-refractivity contribution in [3.63, 3.8) is 0 Å². The lowest BCUT2D eigenvalue weighted by atomic mass is 9.97. The van der Waals surface area contributed by atoms with Crippen LogP contribution in [0.1, 0.15) is 25.7 Å². The second-order valence-electron chi connectivity index (χ2n) is 4.66. The highest BCUT2D eigenvalue weighted by atomic mass is 16.5. The van der Waals surface area contributed by atoms with Gasteiger partial charge < -0.3 is 20.5 Å². The molecule has 0 spiro atoms. The Bertz CT molecular complexity index is 239. The average Bonchev–Trinajstić information content (AvgIpc) is 2.65. The molecule has 1 rings (SSSR count). The number of rotatable bonds is 5. The Balaban J connectivity index is 2.46. The van der Waals surface area contributed by atoms with E-state index < -0.39 is 11.6 Å². The van der Waals surface area contributed by atoms with Crippen molar-refractivity contribution >= 4 is 5.91 Å². The molecule has 0 saturated heterocycles. The summed E-state index contributed by atoms with van der Waals surface area (Å²) < 4.78 is 4.82. The third-order valence-corrected chi connectivity index (χ3v) is 3.11. The van der Waals surface area contributed by atoms with Gasteiger partial charge in [-0.3, -0.25) is 4.79 Å². The molecular formula is C11H22N2O3. The minimum atomic E-state index is -0.707. The molecule has 1 fully saturated rings. The van der Waals surface area contributed by atoms with E-state index in [2.05, 4.69) is 0 Å². The molecule has 5 nitrogen and oxygen atoms in total. The van der Waals surface area contributed by atoms with E-state index in [1.165, 1.54) is 12.0 Å². The smallest absolute Gasteiger partial charge is 0.242 e. The topological polar surface area (TPSA) is 75.8 Å². The first-order valence-corrected chi connectivity index (χ1v) is 5.71. The number of amides is 1. The quantitative estimate of drug-likeness (QED) is 0.681. The second-order valence-corrected chi connectivity index (χ2v) is 4.66. The van der Waals surface area contributed by atoms with Crippen molar-refractivity contribution in [2.24, 2.45) is 5.73 Å². The van der Waals surface area contributed by atoms with E-state index in [0.717, 1.165) is 25.7 Å². The van der Waals surface area contributed by atoms with E-state index in [1.54, 1.807) is 7.05 Å². The van der Waals surface area contributed by atoms with Gasteiger partial charge in [-0.1, -0.05) is 12.8 Å². The fraction of sp³-hybridized carbons (Fsp3) is 0.909. The molecule has 1 atom stereocenters. The molecule has 0 aromatic rings. The third kappa shape index (κ3) is 3.17. The summed E-state index contributed by atoms with van der Waals surface area (Å²) in [4.78, 5) is 13.6. The number of hydrogen-bond donors (Lipinski definition) is 2. The number of nitrogens with two attached hydrogens (primary N) is 1. The van der Waals surface area contributed by atoms with Gasteiger partial charge >= 0.3 is 0 Å². The van der Waals surface area contributed by atoms with Gasteiger partial charge in [0.25, 0.3) is 0 Å². The van der Waals surface area contributed by atoms with E-state index in [1.807, 2.05) is 0 Å². The lowest BCUT2D eigenvalue weighted by Crippen LogP contribution is -2.54. The highest BCUT2D eigenvalue weighted by Crippen LogP contribution is 2.28. The Labute approximate surface area is 96.6 Å². The number of methoxy groups -OCH3 is 1. The number of ether oxygens (including phenoxy) is 1. The zero-order valence-electron chi connectivity index (χ0n) is 10.1.